The third-order valence-electron chi connectivity index (χ3n) is 3.61. The maximum absolute atomic E-state index is 12.2. The molecule has 23 heavy (non-hydrogen) atoms. The van der Waals surface area contributed by atoms with Gasteiger partial charge in [0.1, 0.15) is 0 Å². The first-order valence-electron chi connectivity index (χ1n) is 6.97. The van der Waals surface area contributed by atoms with Crippen molar-refractivity contribution in [3.05, 3.63) is 44.8 Å². The number of thioether (sulfide) groups is 1. The number of thiophene rings is 1. The lowest BCUT2D eigenvalue weighted by Gasteiger charge is -2.29. The van der Waals surface area contributed by atoms with Gasteiger partial charge in [-0.05, 0) is 53.0 Å². The van der Waals surface area contributed by atoms with Crippen LogP contribution in [0.2, 0.25) is 0 Å². The van der Waals surface area contributed by atoms with Crippen molar-refractivity contribution in [2.45, 2.75) is 18.9 Å². The van der Waals surface area contributed by atoms with Crippen molar-refractivity contribution in [2.75, 3.05) is 11.1 Å². The van der Waals surface area contributed by atoms with E-state index in [1.807, 2.05) is 19.1 Å². The highest BCUT2D eigenvalue weighted by Gasteiger charge is 2.30. The Kier molecular flexibility index (Phi) is 4.74. The molecule has 1 atom stereocenters. The van der Waals surface area contributed by atoms with Gasteiger partial charge in [-0.15, -0.1) is 11.3 Å². The molecule has 0 spiro atoms. The Morgan fingerprint density at radius 2 is 2.26 bits per heavy atom. The Balaban J connectivity index is 1.83. The van der Waals surface area contributed by atoms with E-state index in [0.29, 0.717) is 15.7 Å². The highest BCUT2D eigenvalue weighted by molar-refractivity contribution is 9.11. The number of rotatable bonds is 3. The van der Waals surface area contributed by atoms with E-state index < -0.39 is 5.54 Å². The summed E-state index contributed by atoms with van der Waals surface area (Å²) in [7, 11) is 0. The number of aromatic nitrogens is 1. The fraction of sp³-hybridized carbons (Fsp3) is 0.267. The third kappa shape index (κ3) is 3.76. The molecule has 3 N–H and O–H groups in total. The number of aliphatic imine (C=N–C) groups is 1. The molecule has 0 saturated heterocycles. The molecule has 2 aromatic heterocycles. The van der Waals surface area contributed by atoms with E-state index in [-0.39, 0.29) is 5.91 Å². The summed E-state index contributed by atoms with van der Waals surface area (Å²) in [5, 5.41) is 3.48. The summed E-state index contributed by atoms with van der Waals surface area (Å²) in [6.45, 7) is 2.04. The SMILES string of the molecule is C[C@@]1(c2cncc(NC(=O)c3ccc(Br)s3)c2)CCSC(N)=N1. The number of pyridine rings is 1. The van der Waals surface area contributed by atoms with Crippen LogP contribution in [-0.2, 0) is 5.54 Å². The molecular weight excluding hydrogens is 396 g/mol. The number of amides is 1. The molecule has 8 heteroatoms. The molecule has 0 fully saturated rings. The molecule has 1 aliphatic heterocycles. The van der Waals surface area contributed by atoms with E-state index in [9.17, 15) is 4.79 Å². The minimum Gasteiger partial charge on any atom is -0.379 e. The Labute approximate surface area is 150 Å². The molecule has 120 valence electrons. The highest BCUT2D eigenvalue weighted by Crippen LogP contribution is 2.35. The lowest BCUT2D eigenvalue weighted by atomic mass is 9.91. The summed E-state index contributed by atoms with van der Waals surface area (Å²) >= 11 is 6.31. The first kappa shape index (κ1) is 16.5. The number of hydrogen-bond acceptors (Lipinski definition) is 6. The minimum absolute atomic E-state index is 0.146. The second-order valence-corrected chi connectivity index (χ2v) is 8.92. The standard InChI is InChI=1S/C15H15BrN4OS2/c1-15(4-5-22-14(17)20-15)9-6-10(8-18-7-9)19-13(21)11-2-3-12(16)23-11/h2-3,6-8H,4-5H2,1H3,(H2,17,20)(H,19,21)/t15-/m0/s1. The van der Waals surface area contributed by atoms with Crippen LogP contribution in [0.4, 0.5) is 5.69 Å². The fourth-order valence-corrected chi connectivity index (χ4v) is 4.58. The summed E-state index contributed by atoms with van der Waals surface area (Å²) < 4.78 is 0.923. The second-order valence-electron chi connectivity index (χ2n) is 5.34. The van der Waals surface area contributed by atoms with Crippen LogP contribution in [0, 0.1) is 0 Å². The zero-order valence-electron chi connectivity index (χ0n) is 12.4. The van der Waals surface area contributed by atoms with Crippen LogP contribution in [0.15, 0.2) is 39.4 Å². The molecule has 1 amide bonds. The molecule has 3 heterocycles. The average Bonchev–Trinajstić information content (AvgIpc) is 2.94. The second kappa shape index (κ2) is 6.62. The van der Waals surface area contributed by atoms with Crippen LogP contribution >= 0.6 is 39.0 Å². The molecule has 0 unspecified atom stereocenters. The number of amidine groups is 1. The summed E-state index contributed by atoms with van der Waals surface area (Å²) in [6.07, 6.45) is 4.30. The summed E-state index contributed by atoms with van der Waals surface area (Å²) in [5.74, 6) is 0.776. The largest absolute Gasteiger partial charge is 0.379 e. The van der Waals surface area contributed by atoms with E-state index in [1.165, 1.54) is 11.3 Å². The van der Waals surface area contributed by atoms with Crippen LogP contribution in [-0.4, -0.2) is 21.8 Å². The summed E-state index contributed by atoms with van der Waals surface area (Å²) in [5.41, 5.74) is 7.08. The van der Waals surface area contributed by atoms with Gasteiger partial charge in [-0.1, -0.05) is 11.8 Å². The van der Waals surface area contributed by atoms with E-state index in [1.54, 1.807) is 30.2 Å². The Bertz CT molecular complexity index is 776. The Morgan fingerprint density at radius 1 is 1.43 bits per heavy atom. The maximum Gasteiger partial charge on any atom is 0.265 e. The van der Waals surface area contributed by atoms with Gasteiger partial charge in [-0.3, -0.25) is 14.8 Å². The molecule has 0 bridgehead atoms. The molecule has 0 aromatic carbocycles. The third-order valence-corrected chi connectivity index (χ3v) is 6.03. The Morgan fingerprint density at radius 3 is 2.96 bits per heavy atom. The van der Waals surface area contributed by atoms with Crippen LogP contribution in [0.5, 0.6) is 0 Å². The summed E-state index contributed by atoms with van der Waals surface area (Å²) in [4.78, 5) is 21.7. The maximum atomic E-state index is 12.2. The molecule has 5 nitrogen and oxygen atoms in total. The zero-order valence-corrected chi connectivity index (χ0v) is 15.6. The van der Waals surface area contributed by atoms with Crippen molar-refractivity contribution in [1.29, 1.82) is 0 Å². The van der Waals surface area contributed by atoms with Gasteiger partial charge in [-0.25, -0.2) is 0 Å². The number of anilines is 1. The van der Waals surface area contributed by atoms with Crippen LogP contribution in [0.25, 0.3) is 0 Å². The van der Waals surface area contributed by atoms with E-state index in [2.05, 4.69) is 31.2 Å². The first-order chi connectivity index (χ1) is 11.0. The fourth-order valence-electron chi connectivity index (χ4n) is 2.33. The topological polar surface area (TPSA) is 80.4 Å². The van der Waals surface area contributed by atoms with Crippen LogP contribution in [0.1, 0.15) is 28.6 Å². The highest BCUT2D eigenvalue weighted by atomic mass is 79.9. The van der Waals surface area contributed by atoms with Crippen molar-refractivity contribution in [3.63, 3.8) is 0 Å². The predicted octanol–water partition coefficient (Wildman–Crippen LogP) is 3.82. The average molecular weight is 411 g/mol. The number of nitrogens with two attached hydrogens (primary N) is 1. The first-order valence-corrected chi connectivity index (χ1v) is 9.56. The van der Waals surface area contributed by atoms with Crippen molar-refractivity contribution >= 4 is 55.8 Å². The number of nitrogens with zero attached hydrogens (tertiary/aromatic N) is 2. The lowest BCUT2D eigenvalue weighted by Crippen LogP contribution is -2.29. The molecule has 0 radical (unpaired) electrons. The smallest absolute Gasteiger partial charge is 0.265 e. The number of carbonyl (C=O) groups excluding carboxylic acids is 1. The van der Waals surface area contributed by atoms with Gasteiger partial charge in [0.2, 0.25) is 0 Å². The zero-order chi connectivity index (χ0) is 16.4. The molecule has 0 saturated carbocycles. The quantitative estimate of drug-likeness (QED) is 0.805. The number of halogens is 1. The van der Waals surface area contributed by atoms with Gasteiger partial charge in [0.05, 0.1) is 26.1 Å². The van der Waals surface area contributed by atoms with Crippen LogP contribution in [0.3, 0.4) is 0 Å². The molecule has 3 rings (SSSR count). The van der Waals surface area contributed by atoms with Crippen molar-refractivity contribution < 1.29 is 4.79 Å². The predicted molar refractivity (Wildman–Crippen MR) is 100 cm³/mol. The van der Waals surface area contributed by atoms with Gasteiger partial charge < -0.3 is 11.1 Å². The van der Waals surface area contributed by atoms with Gasteiger partial charge in [0, 0.05) is 11.9 Å². The number of nitrogens with one attached hydrogen (secondary N) is 1. The molecule has 2 aromatic rings. The lowest BCUT2D eigenvalue weighted by molar-refractivity contribution is 0.103. The van der Waals surface area contributed by atoms with Gasteiger partial charge in [0.25, 0.3) is 5.91 Å². The normalized spacial score (nSPS) is 20.9. The molecule has 0 aliphatic carbocycles. The van der Waals surface area contributed by atoms with E-state index >= 15 is 0 Å². The molecule has 1 aliphatic rings. The van der Waals surface area contributed by atoms with Gasteiger partial charge in [0.15, 0.2) is 5.17 Å². The van der Waals surface area contributed by atoms with E-state index in [0.717, 1.165) is 21.5 Å². The van der Waals surface area contributed by atoms with Gasteiger partial charge in [-0.2, -0.15) is 0 Å². The van der Waals surface area contributed by atoms with Crippen LogP contribution < -0.4 is 11.1 Å². The number of hydrogen-bond donors (Lipinski definition) is 2. The van der Waals surface area contributed by atoms with Crippen molar-refractivity contribution in [1.82, 2.24) is 4.98 Å². The molecular formula is C15H15BrN4OS2. The summed E-state index contributed by atoms with van der Waals surface area (Å²) in [6, 6.07) is 5.55. The Hall–Kier alpha value is -1.38. The monoisotopic (exact) mass is 410 g/mol. The van der Waals surface area contributed by atoms with Crippen molar-refractivity contribution in [3.8, 4) is 0 Å². The van der Waals surface area contributed by atoms with E-state index in [4.69, 9.17) is 5.73 Å². The van der Waals surface area contributed by atoms with Gasteiger partial charge >= 0.3 is 0 Å². The minimum atomic E-state index is -0.394. The van der Waals surface area contributed by atoms with Crippen molar-refractivity contribution in [2.24, 2.45) is 10.7 Å². The number of carbonyl (C=O) groups is 1.